The molecule has 2 rings (SSSR count). The molecule has 1 atom stereocenters. The van der Waals surface area contributed by atoms with Gasteiger partial charge in [0.2, 0.25) is 0 Å². The highest BCUT2D eigenvalue weighted by atomic mass is 16.5. The summed E-state index contributed by atoms with van der Waals surface area (Å²) in [6.45, 7) is 7.58. The highest BCUT2D eigenvalue weighted by molar-refractivity contribution is 5.22. The average molecular weight is 263 g/mol. The lowest BCUT2D eigenvalue weighted by atomic mass is 9.96. The van der Waals surface area contributed by atoms with Gasteiger partial charge in [-0.15, -0.1) is 0 Å². The lowest BCUT2D eigenvalue weighted by Gasteiger charge is -2.33. The Labute approximate surface area is 116 Å². The van der Waals surface area contributed by atoms with Gasteiger partial charge < -0.3 is 14.8 Å². The molecule has 0 aromatic heterocycles. The average Bonchev–Trinajstić information content (AvgIpc) is 2.48. The molecule has 1 aromatic rings. The smallest absolute Gasteiger partial charge is 0.114 e. The quantitative estimate of drug-likeness (QED) is 0.856. The van der Waals surface area contributed by atoms with E-state index < -0.39 is 0 Å². The third-order valence-electron chi connectivity index (χ3n) is 3.73. The highest BCUT2D eigenvalue weighted by Crippen LogP contribution is 2.26. The van der Waals surface area contributed by atoms with Crippen molar-refractivity contribution in [2.24, 2.45) is 0 Å². The predicted octanol–water partition coefficient (Wildman–Crippen LogP) is 2.71. The number of benzene rings is 1. The maximum Gasteiger partial charge on any atom is 0.114 e. The molecule has 0 radical (unpaired) electrons. The Bertz CT molecular complexity index is 362. The molecule has 1 saturated heterocycles. The van der Waals surface area contributed by atoms with Crippen LogP contribution in [0.3, 0.4) is 0 Å². The molecule has 3 heteroatoms. The van der Waals surface area contributed by atoms with E-state index in [9.17, 15) is 0 Å². The van der Waals surface area contributed by atoms with Crippen LogP contribution in [0.25, 0.3) is 0 Å². The zero-order valence-corrected chi connectivity index (χ0v) is 12.0. The standard InChI is InChI=1S/C16H25NO2/c1-3-19-16(2,14-7-5-4-6-8-14)13-18-15-9-11-17-12-10-15/h4-8,15,17H,3,9-13H2,1-2H3/t16-/m0/s1. The fourth-order valence-corrected chi connectivity index (χ4v) is 2.56. The zero-order chi connectivity index (χ0) is 13.6. The van der Waals surface area contributed by atoms with Crippen LogP contribution in [-0.4, -0.2) is 32.4 Å². The first kappa shape index (κ1) is 14.5. The number of nitrogens with one attached hydrogen (secondary N) is 1. The fraction of sp³-hybridized carbons (Fsp3) is 0.625. The van der Waals surface area contributed by atoms with Crippen LogP contribution >= 0.6 is 0 Å². The van der Waals surface area contributed by atoms with Crippen molar-refractivity contribution in [2.75, 3.05) is 26.3 Å². The van der Waals surface area contributed by atoms with Gasteiger partial charge in [-0.05, 0) is 45.3 Å². The Morgan fingerprint density at radius 2 is 1.89 bits per heavy atom. The predicted molar refractivity (Wildman–Crippen MR) is 77.3 cm³/mol. The maximum atomic E-state index is 6.09. The summed E-state index contributed by atoms with van der Waals surface area (Å²) in [7, 11) is 0. The summed E-state index contributed by atoms with van der Waals surface area (Å²) >= 11 is 0. The first-order valence-electron chi connectivity index (χ1n) is 7.26. The molecule has 0 bridgehead atoms. The molecule has 19 heavy (non-hydrogen) atoms. The third-order valence-corrected chi connectivity index (χ3v) is 3.73. The van der Waals surface area contributed by atoms with Crippen molar-refractivity contribution in [3.05, 3.63) is 35.9 Å². The Morgan fingerprint density at radius 3 is 2.53 bits per heavy atom. The molecule has 1 fully saturated rings. The van der Waals surface area contributed by atoms with Gasteiger partial charge in [0.25, 0.3) is 0 Å². The Balaban J connectivity index is 1.98. The molecule has 0 spiro atoms. The monoisotopic (exact) mass is 263 g/mol. The summed E-state index contributed by atoms with van der Waals surface area (Å²) in [5.41, 5.74) is 0.840. The largest absolute Gasteiger partial charge is 0.375 e. The molecule has 0 amide bonds. The molecule has 1 heterocycles. The molecule has 0 aliphatic carbocycles. The number of ether oxygens (including phenoxy) is 2. The van der Waals surface area contributed by atoms with Crippen molar-refractivity contribution in [3.8, 4) is 0 Å². The second kappa shape index (κ2) is 7.04. The molecule has 1 aliphatic heterocycles. The molecular weight excluding hydrogens is 238 g/mol. The normalized spacial score (nSPS) is 20.1. The summed E-state index contributed by atoms with van der Waals surface area (Å²) in [6, 6.07) is 10.4. The van der Waals surface area contributed by atoms with Crippen LogP contribution in [0, 0.1) is 0 Å². The van der Waals surface area contributed by atoms with Crippen LogP contribution in [0.1, 0.15) is 32.3 Å². The highest BCUT2D eigenvalue weighted by Gasteiger charge is 2.29. The van der Waals surface area contributed by atoms with Gasteiger partial charge in [0, 0.05) is 6.61 Å². The van der Waals surface area contributed by atoms with E-state index in [2.05, 4.69) is 36.5 Å². The van der Waals surface area contributed by atoms with Crippen molar-refractivity contribution in [2.45, 2.75) is 38.4 Å². The zero-order valence-electron chi connectivity index (χ0n) is 12.0. The number of hydrogen-bond acceptors (Lipinski definition) is 3. The van der Waals surface area contributed by atoms with Crippen LogP contribution in [0.15, 0.2) is 30.3 Å². The van der Waals surface area contributed by atoms with Crippen molar-refractivity contribution < 1.29 is 9.47 Å². The lowest BCUT2D eigenvalue weighted by molar-refractivity contribution is -0.110. The van der Waals surface area contributed by atoms with Gasteiger partial charge >= 0.3 is 0 Å². The first-order valence-corrected chi connectivity index (χ1v) is 7.26. The maximum absolute atomic E-state index is 6.09. The van der Waals surface area contributed by atoms with E-state index >= 15 is 0 Å². The number of rotatable bonds is 6. The molecular formula is C16H25NO2. The molecule has 1 N–H and O–H groups in total. The van der Waals surface area contributed by atoms with E-state index in [4.69, 9.17) is 9.47 Å². The van der Waals surface area contributed by atoms with E-state index in [1.807, 2.05) is 13.0 Å². The summed E-state index contributed by atoms with van der Waals surface area (Å²) < 4.78 is 12.1. The minimum absolute atomic E-state index is 0.346. The topological polar surface area (TPSA) is 30.5 Å². The van der Waals surface area contributed by atoms with Crippen LogP contribution in [0.5, 0.6) is 0 Å². The van der Waals surface area contributed by atoms with E-state index in [0.29, 0.717) is 19.3 Å². The molecule has 3 nitrogen and oxygen atoms in total. The number of hydrogen-bond donors (Lipinski definition) is 1. The van der Waals surface area contributed by atoms with Crippen LogP contribution in [-0.2, 0) is 15.1 Å². The van der Waals surface area contributed by atoms with Gasteiger partial charge in [0.05, 0.1) is 12.7 Å². The minimum Gasteiger partial charge on any atom is -0.375 e. The lowest BCUT2D eigenvalue weighted by Crippen LogP contribution is -2.38. The van der Waals surface area contributed by atoms with E-state index in [0.717, 1.165) is 25.9 Å². The summed E-state index contributed by atoms with van der Waals surface area (Å²) in [6.07, 6.45) is 2.55. The Hall–Kier alpha value is -0.900. The summed E-state index contributed by atoms with van der Waals surface area (Å²) in [5, 5.41) is 3.36. The van der Waals surface area contributed by atoms with Crippen LogP contribution < -0.4 is 5.32 Å². The molecule has 0 saturated carbocycles. The van der Waals surface area contributed by atoms with Crippen molar-refractivity contribution in [3.63, 3.8) is 0 Å². The second-order valence-electron chi connectivity index (χ2n) is 5.29. The summed E-state index contributed by atoms with van der Waals surface area (Å²) in [5.74, 6) is 0. The number of piperidine rings is 1. The molecule has 0 unspecified atom stereocenters. The molecule has 1 aromatic carbocycles. The van der Waals surface area contributed by atoms with Gasteiger partial charge in [-0.2, -0.15) is 0 Å². The fourth-order valence-electron chi connectivity index (χ4n) is 2.56. The van der Waals surface area contributed by atoms with Gasteiger partial charge in [-0.1, -0.05) is 30.3 Å². The van der Waals surface area contributed by atoms with Crippen molar-refractivity contribution in [1.82, 2.24) is 5.32 Å². The van der Waals surface area contributed by atoms with E-state index in [1.165, 1.54) is 5.56 Å². The first-order chi connectivity index (χ1) is 9.24. The van der Waals surface area contributed by atoms with Gasteiger partial charge in [-0.25, -0.2) is 0 Å². The van der Waals surface area contributed by atoms with Crippen LogP contribution in [0.4, 0.5) is 0 Å². The van der Waals surface area contributed by atoms with Gasteiger partial charge in [0.1, 0.15) is 5.60 Å². The van der Waals surface area contributed by atoms with Crippen LogP contribution in [0.2, 0.25) is 0 Å². The minimum atomic E-state index is -0.346. The summed E-state index contributed by atoms with van der Waals surface area (Å²) in [4.78, 5) is 0. The van der Waals surface area contributed by atoms with Gasteiger partial charge in [-0.3, -0.25) is 0 Å². The SMILES string of the molecule is CCO[C@@](C)(COC1CCNCC1)c1ccccc1. The van der Waals surface area contributed by atoms with E-state index in [-0.39, 0.29) is 5.60 Å². The Kier molecular flexibility index (Phi) is 5.37. The van der Waals surface area contributed by atoms with Gasteiger partial charge in [0.15, 0.2) is 0 Å². The Morgan fingerprint density at radius 1 is 1.21 bits per heavy atom. The molecule has 106 valence electrons. The molecule has 1 aliphatic rings. The van der Waals surface area contributed by atoms with Crippen molar-refractivity contribution in [1.29, 1.82) is 0 Å². The second-order valence-corrected chi connectivity index (χ2v) is 5.29. The van der Waals surface area contributed by atoms with E-state index in [1.54, 1.807) is 0 Å². The van der Waals surface area contributed by atoms with Crippen molar-refractivity contribution >= 4 is 0 Å². The third kappa shape index (κ3) is 4.03.